The SMILES string of the molecule is C[C@H]1CN(S(=O)(=O)CC2CCN(CCC(F)(F)F)CC2)CC[C@H]1NC(=O)c1cc(C2CC2)on1. The summed E-state index contributed by atoms with van der Waals surface area (Å²) in [6.07, 6.45) is -1.22. The molecule has 192 valence electrons. The van der Waals surface area contributed by atoms with E-state index in [1.807, 2.05) is 6.92 Å². The van der Waals surface area contributed by atoms with E-state index in [0.29, 0.717) is 51.4 Å². The van der Waals surface area contributed by atoms with Crippen molar-refractivity contribution < 1.29 is 30.9 Å². The number of alkyl halides is 3. The van der Waals surface area contributed by atoms with E-state index in [1.165, 1.54) is 4.31 Å². The Hall–Kier alpha value is -1.66. The predicted molar refractivity (Wildman–Crippen MR) is 119 cm³/mol. The lowest BCUT2D eigenvalue weighted by molar-refractivity contribution is -0.138. The molecule has 1 N–H and O–H groups in total. The van der Waals surface area contributed by atoms with Crippen molar-refractivity contribution in [3.05, 3.63) is 17.5 Å². The monoisotopic (exact) mass is 506 g/mol. The number of piperidine rings is 2. The van der Waals surface area contributed by atoms with Gasteiger partial charge in [0.2, 0.25) is 10.0 Å². The molecule has 2 atom stereocenters. The quantitative estimate of drug-likeness (QED) is 0.583. The third kappa shape index (κ3) is 6.72. The van der Waals surface area contributed by atoms with Crippen molar-refractivity contribution in [2.45, 2.75) is 63.6 Å². The van der Waals surface area contributed by atoms with Gasteiger partial charge in [-0.3, -0.25) is 4.79 Å². The minimum Gasteiger partial charge on any atom is -0.360 e. The van der Waals surface area contributed by atoms with Gasteiger partial charge in [-0.2, -0.15) is 13.2 Å². The summed E-state index contributed by atoms with van der Waals surface area (Å²) in [5, 5.41) is 6.83. The second-order valence-corrected chi connectivity index (χ2v) is 12.0. The van der Waals surface area contributed by atoms with Crippen LogP contribution >= 0.6 is 0 Å². The van der Waals surface area contributed by atoms with Crippen molar-refractivity contribution in [3.8, 4) is 0 Å². The highest BCUT2D eigenvalue weighted by atomic mass is 32.2. The van der Waals surface area contributed by atoms with Crippen LogP contribution in [0.1, 0.15) is 67.6 Å². The maximum Gasteiger partial charge on any atom is 0.390 e. The fourth-order valence-corrected chi connectivity index (χ4v) is 6.82. The number of sulfonamides is 1. The number of carbonyl (C=O) groups excluding carboxylic acids is 1. The number of hydrogen-bond acceptors (Lipinski definition) is 6. The number of halogens is 3. The van der Waals surface area contributed by atoms with E-state index < -0.39 is 22.6 Å². The Morgan fingerprint density at radius 1 is 1.18 bits per heavy atom. The van der Waals surface area contributed by atoms with Crippen LogP contribution < -0.4 is 5.32 Å². The molecular formula is C22H33F3N4O4S. The van der Waals surface area contributed by atoms with Gasteiger partial charge >= 0.3 is 6.18 Å². The zero-order chi connectivity index (χ0) is 24.5. The van der Waals surface area contributed by atoms with Crippen molar-refractivity contribution in [2.24, 2.45) is 11.8 Å². The van der Waals surface area contributed by atoms with Crippen LogP contribution in [0, 0.1) is 11.8 Å². The van der Waals surface area contributed by atoms with Gasteiger partial charge in [0.05, 0.1) is 12.2 Å². The second kappa shape index (κ2) is 10.1. The van der Waals surface area contributed by atoms with Gasteiger partial charge in [-0.15, -0.1) is 0 Å². The smallest absolute Gasteiger partial charge is 0.360 e. The fourth-order valence-electron chi connectivity index (χ4n) is 4.84. The van der Waals surface area contributed by atoms with E-state index in [1.54, 1.807) is 11.0 Å². The summed E-state index contributed by atoms with van der Waals surface area (Å²) in [5.74, 6) is 0.714. The van der Waals surface area contributed by atoms with Crippen LogP contribution in [0.4, 0.5) is 13.2 Å². The largest absolute Gasteiger partial charge is 0.390 e. The fraction of sp³-hybridized carbons (Fsp3) is 0.818. The van der Waals surface area contributed by atoms with Crippen molar-refractivity contribution in [1.82, 2.24) is 19.7 Å². The van der Waals surface area contributed by atoms with Gasteiger partial charge in [-0.25, -0.2) is 12.7 Å². The van der Waals surface area contributed by atoms with Crippen LogP contribution in [0.5, 0.6) is 0 Å². The number of rotatable bonds is 8. The summed E-state index contributed by atoms with van der Waals surface area (Å²) in [7, 11) is -3.48. The first-order valence-corrected chi connectivity index (χ1v) is 13.7. The molecule has 1 aromatic rings. The lowest BCUT2D eigenvalue weighted by Gasteiger charge is -2.38. The number of amides is 1. The van der Waals surface area contributed by atoms with Crippen molar-refractivity contribution in [2.75, 3.05) is 38.5 Å². The summed E-state index contributed by atoms with van der Waals surface area (Å²) < 4.78 is 70.0. The molecule has 4 rings (SSSR count). The molecule has 1 amide bonds. The normalized spacial score (nSPS) is 26.0. The molecule has 0 unspecified atom stereocenters. The van der Waals surface area contributed by atoms with Crippen molar-refractivity contribution >= 4 is 15.9 Å². The molecule has 2 aliphatic heterocycles. The molecule has 0 spiro atoms. The van der Waals surface area contributed by atoms with Crippen molar-refractivity contribution in [3.63, 3.8) is 0 Å². The topological polar surface area (TPSA) is 95.8 Å². The maximum absolute atomic E-state index is 13.0. The Morgan fingerprint density at radius 3 is 2.50 bits per heavy atom. The van der Waals surface area contributed by atoms with E-state index >= 15 is 0 Å². The van der Waals surface area contributed by atoms with E-state index in [0.717, 1.165) is 18.6 Å². The van der Waals surface area contributed by atoms with E-state index in [9.17, 15) is 26.4 Å². The van der Waals surface area contributed by atoms with Gasteiger partial charge in [0.1, 0.15) is 5.76 Å². The Bertz CT molecular complexity index is 956. The van der Waals surface area contributed by atoms with Gasteiger partial charge in [0.15, 0.2) is 5.69 Å². The molecule has 8 nitrogen and oxygen atoms in total. The lowest BCUT2D eigenvalue weighted by atomic mass is 9.95. The standard InChI is InChI=1S/C22H33F3N4O4S/c1-15-13-29(10-6-18(15)26-21(30)19-12-20(33-27-19)17-2-3-17)34(31,32)14-16-4-8-28(9-5-16)11-7-22(23,24)25/h12,15-18H,2-11,13-14H2,1H3,(H,26,30)/t15-,18+/m0/s1. The number of nitrogens with zero attached hydrogens (tertiary/aromatic N) is 3. The first-order valence-electron chi connectivity index (χ1n) is 12.0. The number of aromatic nitrogens is 1. The summed E-state index contributed by atoms with van der Waals surface area (Å²) in [6, 6.07) is 1.53. The summed E-state index contributed by atoms with van der Waals surface area (Å²) in [4.78, 5) is 14.3. The van der Waals surface area contributed by atoms with Gasteiger partial charge < -0.3 is 14.7 Å². The molecule has 3 aliphatic rings. The van der Waals surface area contributed by atoms with Crippen LogP contribution in [-0.2, 0) is 10.0 Å². The third-order valence-electron chi connectivity index (χ3n) is 7.18. The first kappa shape index (κ1) is 25.4. The zero-order valence-electron chi connectivity index (χ0n) is 19.4. The predicted octanol–water partition coefficient (Wildman–Crippen LogP) is 2.99. The number of carbonyl (C=O) groups is 1. The zero-order valence-corrected chi connectivity index (χ0v) is 20.2. The molecule has 12 heteroatoms. The number of likely N-dealkylation sites (tertiary alicyclic amines) is 1. The molecule has 1 aromatic heterocycles. The molecule has 3 fully saturated rings. The van der Waals surface area contributed by atoms with Crippen LogP contribution in [0.25, 0.3) is 0 Å². The van der Waals surface area contributed by atoms with E-state index in [4.69, 9.17) is 4.52 Å². The Labute approximate surface area is 198 Å². The minimum atomic E-state index is -4.17. The molecule has 3 heterocycles. The molecule has 1 aliphatic carbocycles. The van der Waals surface area contributed by atoms with Crippen LogP contribution in [0.2, 0.25) is 0 Å². The molecule has 0 radical (unpaired) electrons. The summed E-state index contributed by atoms with van der Waals surface area (Å²) >= 11 is 0. The lowest BCUT2D eigenvalue weighted by Crippen LogP contribution is -2.52. The van der Waals surface area contributed by atoms with Gasteiger partial charge in [0.25, 0.3) is 5.91 Å². The first-order chi connectivity index (χ1) is 16.0. The minimum absolute atomic E-state index is 0.0206. The van der Waals surface area contributed by atoms with Crippen LogP contribution in [0.3, 0.4) is 0 Å². The summed E-state index contributed by atoms with van der Waals surface area (Å²) in [5.41, 5.74) is 0.255. The van der Waals surface area contributed by atoms with Gasteiger partial charge in [-0.1, -0.05) is 12.1 Å². The highest BCUT2D eigenvalue weighted by Gasteiger charge is 2.36. The Morgan fingerprint density at radius 2 is 1.88 bits per heavy atom. The average molecular weight is 507 g/mol. The molecule has 0 aromatic carbocycles. The molecular weight excluding hydrogens is 473 g/mol. The Kier molecular flexibility index (Phi) is 7.58. The number of nitrogens with one attached hydrogen (secondary N) is 1. The molecule has 0 bridgehead atoms. The Balaban J connectivity index is 1.22. The molecule has 34 heavy (non-hydrogen) atoms. The highest BCUT2D eigenvalue weighted by molar-refractivity contribution is 7.89. The average Bonchev–Trinajstić information content (AvgIpc) is 3.50. The maximum atomic E-state index is 13.0. The second-order valence-electron chi connectivity index (χ2n) is 10.0. The van der Waals surface area contributed by atoms with Crippen LogP contribution in [-0.4, -0.2) is 79.4 Å². The molecule has 1 saturated carbocycles. The number of hydrogen-bond donors (Lipinski definition) is 1. The molecule has 2 saturated heterocycles. The van der Waals surface area contributed by atoms with Crippen molar-refractivity contribution in [1.29, 1.82) is 0 Å². The van der Waals surface area contributed by atoms with E-state index in [2.05, 4.69) is 10.5 Å². The van der Waals surface area contributed by atoms with Crippen LogP contribution in [0.15, 0.2) is 10.6 Å². The highest BCUT2D eigenvalue weighted by Crippen LogP contribution is 2.40. The van der Waals surface area contributed by atoms with E-state index in [-0.39, 0.29) is 41.8 Å². The van der Waals surface area contributed by atoms with Gasteiger partial charge in [-0.05, 0) is 57.0 Å². The third-order valence-corrected chi connectivity index (χ3v) is 9.19. The van der Waals surface area contributed by atoms with Gasteiger partial charge in [0, 0.05) is 37.7 Å². The summed E-state index contributed by atoms with van der Waals surface area (Å²) in [6.45, 7) is 3.52.